The predicted molar refractivity (Wildman–Crippen MR) is 114 cm³/mol. The molecule has 0 aliphatic carbocycles. The van der Waals surface area contributed by atoms with Crippen molar-refractivity contribution in [3.63, 3.8) is 0 Å². The van der Waals surface area contributed by atoms with Gasteiger partial charge in [0.2, 0.25) is 5.91 Å². The maximum Gasteiger partial charge on any atom is 0.234 e. The average Bonchev–Trinajstić information content (AvgIpc) is 3.09. The van der Waals surface area contributed by atoms with Gasteiger partial charge in [0.05, 0.1) is 18.6 Å². The van der Waals surface area contributed by atoms with E-state index >= 15 is 0 Å². The fourth-order valence-electron chi connectivity index (χ4n) is 2.80. The SMILES string of the molecule is COc1ccccc1NC(=O)CSc1nnc(C(C)Oc2ccccc2C)n1C. The van der Waals surface area contributed by atoms with E-state index in [0.717, 1.165) is 11.3 Å². The summed E-state index contributed by atoms with van der Waals surface area (Å²) in [6.45, 7) is 3.93. The van der Waals surface area contributed by atoms with E-state index in [4.69, 9.17) is 9.47 Å². The molecule has 3 aromatic rings. The highest BCUT2D eigenvalue weighted by atomic mass is 32.2. The van der Waals surface area contributed by atoms with Crippen molar-refractivity contribution in [2.45, 2.75) is 25.1 Å². The molecule has 0 bridgehead atoms. The molecule has 0 spiro atoms. The zero-order valence-corrected chi connectivity index (χ0v) is 17.7. The summed E-state index contributed by atoms with van der Waals surface area (Å²) in [6.07, 6.45) is -0.273. The Hall–Kier alpha value is -3.00. The smallest absolute Gasteiger partial charge is 0.234 e. The molecule has 2 aromatic carbocycles. The number of nitrogens with zero attached hydrogens (tertiary/aromatic N) is 3. The first-order chi connectivity index (χ1) is 14.0. The fourth-order valence-corrected chi connectivity index (χ4v) is 3.52. The van der Waals surface area contributed by atoms with Crippen molar-refractivity contribution < 1.29 is 14.3 Å². The molecule has 3 rings (SSSR count). The maximum absolute atomic E-state index is 12.3. The van der Waals surface area contributed by atoms with Crippen LogP contribution in [0.3, 0.4) is 0 Å². The van der Waals surface area contributed by atoms with E-state index in [9.17, 15) is 4.79 Å². The molecule has 0 saturated heterocycles. The number of thioether (sulfide) groups is 1. The Kier molecular flexibility index (Phi) is 6.77. The lowest BCUT2D eigenvalue weighted by Crippen LogP contribution is -2.15. The van der Waals surface area contributed by atoms with Gasteiger partial charge in [0, 0.05) is 7.05 Å². The number of para-hydroxylation sites is 3. The largest absolute Gasteiger partial charge is 0.495 e. The molecular formula is C21H24N4O3S. The zero-order valence-electron chi connectivity index (χ0n) is 16.9. The summed E-state index contributed by atoms with van der Waals surface area (Å²) >= 11 is 1.32. The van der Waals surface area contributed by atoms with Crippen molar-refractivity contribution in [2.24, 2.45) is 7.05 Å². The fraction of sp³-hybridized carbons (Fsp3) is 0.286. The van der Waals surface area contributed by atoms with E-state index in [2.05, 4.69) is 15.5 Å². The van der Waals surface area contributed by atoms with Gasteiger partial charge in [-0.3, -0.25) is 4.79 Å². The summed E-state index contributed by atoms with van der Waals surface area (Å²) in [4.78, 5) is 12.3. The molecule has 1 heterocycles. The van der Waals surface area contributed by atoms with Crippen LogP contribution in [0, 0.1) is 6.92 Å². The van der Waals surface area contributed by atoms with Crippen LogP contribution < -0.4 is 14.8 Å². The third-order valence-corrected chi connectivity index (χ3v) is 5.36. The molecular weight excluding hydrogens is 388 g/mol. The van der Waals surface area contributed by atoms with E-state index in [-0.39, 0.29) is 17.8 Å². The van der Waals surface area contributed by atoms with Gasteiger partial charge in [-0.05, 0) is 37.6 Å². The van der Waals surface area contributed by atoms with Crippen molar-refractivity contribution in [3.05, 3.63) is 59.9 Å². The van der Waals surface area contributed by atoms with Crippen LogP contribution in [0.5, 0.6) is 11.5 Å². The maximum atomic E-state index is 12.3. The Labute approximate surface area is 174 Å². The van der Waals surface area contributed by atoms with Crippen LogP contribution in [0.15, 0.2) is 53.7 Å². The van der Waals surface area contributed by atoms with Gasteiger partial charge in [0.25, 0.3) is 0 Å². The molecule has 0 fully saturated rings. The molecule has 8 heteroatoms. The molecule has 1 unspecified atom stereocenters. The molecule has 1 atom stereocenters. The standard InChI is InChI=1S/C21H24N4O3S/c1-14-9-5-7-11-17(14)28-15(2)20-23-24-21(25(20)3)29-13-19(26)22-16-10-6-8-12-18(16)27-4/h5-12,15H,13H2,1-4H3,(H,22,26). The number of aromatic nitrogens is 3. The number of rotatable bonds is 8. The van der Waals surface area contributed by atoms with Crippen LogP contribution in [0.25, 0.3) is 0 Å². The molecule has 0 radical (unpaired) electrons. The number of carbonyl (C=O) groups is 1. The van der Waals surface area contributed by atoms with Gasteiger partial charge in [-0.2, -0.15) is 0 Å². The Morgan fingerprint density at radius 3 is 2.55 bits per heavy atom. The van der Waals surface area contributed by atoms with Gasteiger partial charge in [-0.25, -0.2) is 0 Å². The van der Waals surface area contributed by atoms with Crippen LogP contribution in [-0.4, -0.2) is 33.5 Å². The molecule has 0 saturated carbocycles. The lowest BCUT2D eigenvalue weighted by Gasteiger charge is -2.15. The number of benzene rings is 2. The highest BCUT2D eigenvalue weighted by Gasteiger charge is 2.18. The van der Waals surface area contributed by atoms with E-state index in [0.29, 0.717) is 22.4 Å². The number of nitrogens with one attached hydrogen (secondary N) is 1. The number of methoxy groups -OCH3 is 1. The molecule has 1 N–H and O–H groups in total. The van der Waals surface area contributed by atoms with Crippen LogP contribution in [0.4, 0.5) is 5.69 Å². The topological polar surface area (TPSA) is 78.3 Å². The highest BCUT2D eigenvalue weighted by Crippen LogP contribution is 2.26. The van der Waals surface area contributed by atoms with Crippen molar-refractivity contribution in [1.29, 1.82) is 0 Å². The monoisotopic (exact) mass is 412 g/mol. The number of anilines is 1. The number of hydrogen-bond acceptors (Lipinski definition) is 6. The summed E-state index contributed by atoms with van der Waals surface area (Å²) < 4.78 is 13.1. The Morgan fingerprint density at radius 2 is 1.83 bits per heavy atom. The first-order valence-corrected chi connectivity index (χ1v) is 10.2. The number of amides is 1. The van der Waals surface area contributed by atoms with Crippen LogP contribution in [0.1, 0.15) is 24.4 Å². The van der Waals surface area contributed by atoms with Gasteiger partial charge in [-0.15, -0.1) is 10.2 Å². The predicted octanol–water partition coefficient (Wildman–Crippen LogP) is 4.00. The molecule has 0 aliphatic rings. The van der Waals surface area contributed by atoms with E-state index in [1.807, 2.05) is 61.9 Å². The lowest BCUT2D eigenvalue weighted by molar-refractivity contribution is -0.113. The molecule has 7 nitrogen and oxygen atoms in total. The minimum absolute atomic E-state index is 0.145. The van der Waals surface area contributed by atoms with Gasteiger partial charge >= 0.3 is 0 Å². The molecule has 29 heavy (non-hydrogen) atoms. The first-order valence-electron chi connectivity index (χ1n) is 9.17. The van der Waals surface area contributed by atoms with E-state index in [1.54, 1.807) is 19.2 Å². The lowest BCUT2D eigenvalue weighted by atomic mass is 10.2. The third-order valence-electron chi connectivity index (χ3n) is 4.34. The van der Waals surface area contributed by atoms with Gasteiger partial charge in [0.1, 0.15) is 11.5 Å². The zero-order chi connectivity index (χ0) is 20.8. The van der Waals surface area contributed by atoms with Crippen LogP contribution >= 0.6 is 11.8 Å². The normalized spacial score (nSPS) is 11.7. The van der Waals surface area contributed by atoms with Crippen molar-refractivity contribution >= 4 is 23.4 Å². The summed E-state index contributed by atoms with van der Waals surface area (Å²) in [5.74, 6) is 2.19. The summed E-state index contributed by atoms with van der Waals surface area (Å²) in [5.41, 5.74) is 1.70. The van der Waals surface area contributed by atoms with Gasteiger partial charge in [-0.1, -0.05) is 42.1 Å². The van der Waals surface area contributed by atoms with Crippen LogP contribution in [-0.2, 0) is 11.8 Å². The minimum atomic E-state index is -0.273. The Bertz CT molecular complexity index is 990. The number of hydrogen-bond donors (Lipinski definition) is 1. The number of carbonyl (C=O) groups excluding carboxylic acids is 1. The highest BCUT2D eigenvalue weighted by molar-refractivity contribution is 7.99. The van der Waals surface area contributed by atoms with Crippen molar-refractivity contribution in [1.82, 2.24) is 14.8 Å². The summed E-state index contributed by atoms with van der Waals surface area (Å²) in [5, 5.41) is 12.0. The quantitative estimate of drug-likeness (QED) is 0.564. The molecule has 1 aromatic heterocycles. The van der Waals surface area contributed by atoms with E-state index in [1.165, 1.54) is 11.8 Å². The number of ether oxygens (including phenoxy) is 2. The molecule has 152 valence electrons. The average molecular weight is 413 g/mol. The van der Waals surface area contributed by atoms with Gasteiger partial charge < -0.3 is 19.4 Å². The van der Waals surface area contributed by atoms with Crippen LogP contribution in [0.2, 0.25) is 0 Å². The second-order valence-corrected chi connectivity index (χ2v) is 7.41. The third kappa shape index (κ3) is 5.08. The van der Waals surface area contributed by atoms with Crippen molar-refractivity contribution in [3.8, 4) is 11.5 Å². The summed E-state index contributed by atoms with van der Waals surface area (Å²) in [7, 11) is 3.44. The Morgan fingerprint density at radius 1 is 1.14 bits per heavy atom. The van der Waals surface area contributed by atoms with E-state index < -0.39 is 0 Å². The first kappa shape index (κ1) is 20.7. The second kappa shape index (κ2) is 9.47. The van der Waals surface area contributed by atoms with Gasteiger partial charge in [0.15, 0.2) is 17.1 Å². The van der Waals surface area contributed by atoms with Crippen molar-refractivity contribution in [2.75, 3.05) is 18.2 Å². The number of aryl methyl sites for hydroxylation is 1. The minimum Gasteiger partial charge on any atom is -0.495 e. The summed E-state index contributed by atoms with van der Waals surface area (Å²) in [6, 6.07) is 15.1. The molecule has 1 amide bonds. The second-order valence-electron chi connectivity index (χ2n) is 6.46. The Balaban J connectivity index is 1.60. The molecule has 0 aliphatic heterocycles.